The van der Waals surface area contributed by atoms with Crippen LogP contribution in [0.1, 0.15) is 38.9 Å². The lowest BCUT2D eigenvalue weighted by Gasteiger charge is -2.27. The van der Waals surface area contributed by atoms with Crippen LogP contribution in [0.2, 0.25) is 0 Å². The summed E-state index contributed by atoms with van der Waals surface area (Å²) in [6.07, 6.45) is 1.13. The monoisotopic (exact) mass is 246 g/mol. The van der Waals surface area contributed by atoms with Gasteiger partial charge in [-0.25, -0.2) is 0 Å². The van der Waals surface area contributed by atoms with Crippen LogP contribution in [0.15, 0.2) is 30.3 Å². The van der Waals surface area contributed by atoms with E-state index in [0.29, 0.717) is 5.92 Å². The summed E-state index contributed by atoms with van der Waals surface area (Å²) in [4.78, 5) is 14.2. The Balaban J connectivity index is 2.20. The number of nitrogens with zero attached hydrogens (tertiary/aromatic N) is 1. The molecule has 1 amide bonds. The summed E-state index contributed by atoms with van der Waals surface area (Å²) in [5, 5.41) is 3.38. The van der Waals surface area contributed by atoms with Crippen LogP contribution in [-0.2, 0) is 4.79 Å². The topological polar surface area (TPSA) is 32.3 Å². The third kappa shape index (κ3) is 2.56. The minimum atomic E-state index is -0.0840. The first-order valence-electron chi connectivity index (χ1n) is 6.75. The molecule has 1 aromatic rings. The van der Waals surface area contributed by atoms with Gasteiger partial charge in [-0.3, -0.25) is 10.1 Å². The summed E-state index contributed by atoms with van der Waals surface area (Å²) in [7, 11) is 0. The zero-order valence-corrected chi connectivity index (χ0v) is 11.4. The quantitative estimate of drug-likeness (QED) is 0.885. The van der Waals surface area contributed by atoms with Crippen molar-refractivity contribution in [1.82, 2.24) is 10.2 Å². The molecule has 0 saturated carbocycles. The highest BCUT2D eigenvalue weighted by atomic mass is 16.2. The predicted octanol–water partition coefficient (Wildman–Crippen LogP) is 2.55. The maximum Gasteiger partial charge on any atom is 0.241 e. The van der Waals surface area contributed by atoms with Gasteiger partial charge in [-0.05, 0) is 18.4 Å². The molecule has 1 saturated heterocycles. The van der Waals surface area contributed by atoms with Crippen LogP contribution in [0.25, 0.3) is 0 Å². The van der Waals surface area contributed by atoms with E-state index in [2.05, 4.69) is 31.3 Å². The van der Waals surface area contributed by atoms with Crippen LogP contribution in [0.5, 0.6) is 0 Å². The van der Waals surface area contributed by atoms with E-state index >= 15 is 0 Å². The first-order chi connectivity index (χ1) is 8.63. The largest absolute Gasteiger partial charge is 0.321 e. The lowest BCUT2D eigenvalue weighted by atomic mass is 10.1. The zero-order valence-electron chi connectivity index (χ0n) is 11.4. The fourth-order valence-electron chi connectivity index (χ4n) is 2.35. The number of carbonyl (C=O) groups excluding carboxylic acids is 1. The Kier molecular flexibility index (Phi) is 4.02. The Bertz CT molecular complexity index is 404. The molecule has 0 radical (unpaired) electrons. The van der Waals surface area contributed by atoms with Crippen molar-refractivity contribution in [3.8, 4) is 0 Å². The zero-order chi connectivity index (χ0) is 13.1. The standard InChI is InChI=1S/C15H22N2O/c1-4-11(2)10-17-14(16-12(3)15(17)18)13-8-6-5-7-9-13/h5-9,11-12,14,16H,4,10H2,1-3H3. The molecule has 0 bridgehead atoms. The molecule has 3 atom stereocenters. The summed E-state index contributed by atoms with van der Waals surface area (Å²) in [5.41, 5.74) is 1.17. The Labute approximate surface area is 109 Å². The van der Waals surface area contributed by atoms with Gasteiger partial charge in [0.25, 0.3) is 0 Å². The SMILES string of the molecule is CCC(C)CN1C(=O)C(C)NC1c1ccccc1. The summed E-state index contributed by atoms with van der Waals surface area (Å²) in [6.45, 7) is 7.12. The predicted molar refractivity (Wildman–Crippen MR) is 72.9 cm³/mol. The maximum absolute atomic E-state index is 12.2. The van der Waals surface area contributed by atoms with Gasteiger partial charge < -0.3 is 4.90 Å². The van der Waals surface area contributed by atoms with E-state index in [1.165, 1.54) is 5.56 Å². The molecule has 2 rings (SSSR count). The molecule has 1 N–H and O–H groups in total. The van der Waals surface area contributed by atoms with E-state index < -0.39 is 0 Å². The Morgan fingerprint density at radius 2 is 2.00 bits per heavy atom. The van der Waals surface area contributed by atoms with Crippen LogP contribution in [0, 0.1) is 5.92 Å². The number of carbonyl (C=O) groups is 1. The van der Waals surface area contributed by atoms with Crippen molar-refractivity contribution in [1.29, 1.82) is 0 Å². The van der Waals surface area contributed by atoms with Crippen LogP contribution in [0.4, 0.5) is 0 Å². The number of benzene rings is 1. The van der Waals surface area contributed by atoms with Gasteiger partial charge in [-0.1, -0.05) is 50.6 Å². The van der Waals surface area contributed by atoms with E-state index in [0.717, 1.165) is 13.0 Å². The van der Waals surface area contributed by atoms with E-state index in [-0.39, 0.29) is 18.1 Å². The third-order valence-corrected chi connectivity index (χ3v) is 3.69. The first kappa shape index (κ1) is 13.1. The molecule has 1 fully saturated rings. The fraction of sp³-hybridized carbons (Fsp3) is 0.533. The summed E-state index contributed by atoms with van der Waals surface area (Å²) in [5.74, 6) is 0.747. The van der Waals surface area contributed by atoms with Gasteiger partial charge in [-0.15, -0.1) is 0 Å². The highest BCUT2D eigenvalue weighted by Gasteiger charge is 2.37. The second-order valence-corrected chi connectivity index (χ2v) is 5.21. The number of nitrogens with one attached hydrogen (secondary N) is 1. The highest BCUT2D eigenvalue weighted by Crippen LogP contribution is 2.26. The minimum absolute atomic E-state index is 0.0303. The van der Waals surface area contributed by atoms with Gasteiger partial charge >= 0.3 is 0 Å². The van der Waals surface area contributed by atoms with Crippen molar-refractivity contribution >= 4 is 5.91 Å². The van der Waals surface area contributed by atoms with Crippen molar-refractivity contribution < 1.29 is 4.79 Å². The molecule has 0 aliphatic carbocycles. The van der Waals surface area contributed by atoms with E-state index in [1.54, 1.807) is 0 Å². The molecule has 3 nitrogen and oxygen atoms in total. The van der Waals surface area contributed by atoms with Crippen molar-refractivity contribution in [2.75, 3.05) is 6.54 Å². The molecule has 98 valence electrons. The second-order valence-electron chi connectivity index (χ2n) is 5.21. The van der Waals surface area contributed by atoms with E-state index in [4.69, 9.17) is 0 Å². The Morgan fingerprint density at radius 1 is 1.33 bits per heavy atom. The van der Waals surface area contributed by atoms with Crippen molar-refractivity contribution in [3.63, 3.8) is 0 Å². The molecule has 1 heterocycles. The molecular formula is C15H22N2O. The molecule has 18 heavy (non-hydrogen) atoms. The van der Waals surface area contributed by atoms with Crippen molar-refractivity contribution in [2.45, 2.75) is 39.4 Å². The van der Waals surface area contributed by atoms with Gasteiger partial charge in [-0.2, -0.15) is 0 Å². The number of rotatable bonds is 4. The third-order valence-electron chi connectivity index (χ3n) is 3.69. The number of hydrogen-bond donors (Lipinski definition) is 1. The van der Waals surface area contributed by atoms with Gasteiger partial charge in [0, 0.05) is 6.54 Å². The van der Waals surface area contributed by atoms with Gasteiger partial charge in [0.15, 0.2) is 0 Å². The Morgan fingerprint density at radius 3 is 2.61 bits per heavy atom. The molecule has 1 aliphatic heterocycles. The van der Waals surface area contributed by atoms with Crippen LogP contribution in [0.3, 0.4) is 0 Å². The van der Waals surface area contributed by atoms with Gasteiger partial charge in [0.1, 0.15) is 6.17 Å². The molecule has 3 unspecified atom stereocenters. The summed E-state index contributed by atoms with van der Waals surface area (Å²) in [6, 6.07) is 10.1. The molecule has 1 aromatic carbocycles. The van der Waals surface area contributed by atoms with Crippen molar-refractivity contribution in [2.24, 2.45) is 5.92 Å². The van der Waals surface area contributed by atoms with E-state index in [1.807, 2.05) is 30.0 Å². The maximum atomic E-state index is 12.2. The second kappa shape index (κ2) is 5.53. The number of hydrogen-bond acceptors (Lipinski definition) is 2. The smallest absolute Gasteiger partial charge is 0.241 e. The first-order valence-corrected chi connectivity index (χ1v) is 6.75. The normalized spacial score (nSPS) is 25.5. The van der Waals surface area contributed by atoms with E-state index in [9.17, 15) is 4.79 Å². The van der Waals surface area contributed by atoms with Crippen LogP contribution < -0.4 is 5.32 Å². The van der Waals surface area contributed by atoms with Crippen molar-refractivity contribution in [3.05, 3.63) is 35.9 Å². The molecular weight excluding hydrogens is 224 g/mol. The average Bonchev–Trinajstić information content (AvgIpc) is 2.68. The lowest BCUT2D eigenvalue weighted by molar-refractivity contribution is -0.130. The molecule has 0 spiro atoms. The summed E-state index contributed by atoms with van der Waals surface area (Å²) >= 11 is 0. The molecule has 0 aromatic heterocycles. The lowest BCUT2D eigenvalue weighted by Crippen LogP contribution is -2.34. The minimum Gasteiger partial charge on any atom is -0.321 e. The number of amides is 1. The van der Waals surface area contributed by atoms with Crippen LogP contribution in [-0.4, -0.2) is 23.4 Å². The van der Waals surface area contributed by atoms with Crippen LogP contribution >= 0.6 is 0 Å². The fourth-order valence-corrected chi connectivity index (χ4v) is 2.35. The summed E-state index contributed by atoms with van der Waals surface area (Å²) < 4.78 is 0. The molecule has 1 aliphatic rings. The Hall–Kier alpha value is -1.35. The highest BCUT2D eigenvalue weighted by molar-refractivity contribution is 5.84. The molecule has 3 heteroatoms. The van der Waals surface area contributed by atoms with Gasteiger partial charge in [0.2, 0.25) is 5.91 Å². The average molecular weight is 246 g/mol. The van der Waals surface area contributed by atoms with Gasteiger partial charge in [0.05, 0.1) is 6.04 Å².